The molecule has 37 heavy (non-hydrogen) atoms. The van der Waals surface area contributed by atoms with Crippen LogP contribution in [0.2, 0.25) is 0 Å². The Bertz CT molecular complexity index is 1180. The van der Waals surface area contributed by atoms with Crippen molar-refractivity contribution in [2.45, 2.75) is 84.9 Å². The van der Waals surface area contributed by atoms with Gasteiger partial charge in [-0.25, -0.2) is 9.97 Å². The lowest BCUT2D eigenvalue weighted by Crippen LogP contribution is -2.41. The van der Waals surface area contributed by atoms with Crippen LogP contribution in [-0.4, -0.2) is 44.7 Å². The van der Waals surface area contributed by atoms with Crippen molar-refractivity contribution in [3.05, 3.63) is 23.7 Å². The van der Waals surface area contributed by atoms with Crippen LogP contribution in [0.1, 0.15) is 77.6 Å². The average molecular weight is 538 g/mol. The second kappa shape index (κ2) is 11.9. The number of thiazole rings is 1. The normalized spacial score (nSPS) is 14.8. The molecule has 1 saturated carbocycles. The van der Waals surface area contributed by atoms with Crippen LogP contribution >= 0.6 is 11.3 Å². The van der Waals surface area contributed by atoms with Crippen LogP contribution in [0.5, 0.6) is 0 Å². The van der Waals surface area contributed by atoms with Crippen LogP contribution in [-0.2, 0) is 0 Å². The zero-order valence-electron chi connectivity index (χ0n) is 22.5. The molecule has 3 aromatic rings. The number of alkyl halides is 3. The largest absolute Gasteiger partial charge is 0.405 e. The third-order valence-corrected chi connectivity index (χ3v) is 7.42. The van der Waals surface area contributed by atoms with Gasteiger partial charge in [-0.1, -0.05) is 27.2 Å². The van der Waals surface area contributed by atoms with Crippen molar-refractivity contribution in [3.63, 3.8) is 0 Å². The molecule has 204 valence electrons. The first kappa shape index (κ1) is 29.0. The van der Waals surface area contributed by atoms with Crippen molar-refractivity contribution in [1.29, 1.82) is 0 Å². The number of pyridine rings is 1. The van der Waals surface area contributed by atoms with Crippen LogP contribution < -0.4 is 16.4 Å². The summed E-state index contributed by atoms with van der Waals surface area (Å²) in [6.45, 7) is 11.2. The summed E-state index contributed by atoms with van der Waals surface area (Å²) in [4.78, 5) is 18.2. The highest BCUT2D eigenvalue weighted by atomic mass is 32.1. The molecule has 7 nitrogen and oxygen atoms in total. The van der Waals surface area contributed by atoms with Gasteiger partial charge in [0.25, 0.3) is 0 Å². The van der Waals surface area contributed by atoms with Crippen LogP contribution in [0.25, 0.3) is 20.8 Å². The number of nitrogens with one attached hydrogen (secondary N) is 2. The van der Waals surface area contributed by atoms with Gasteiger partial charge < -0.3 is 16.4 Å². The van der Waals surface area contributed by atoms with Crippen molar-refractivity contribution >= 4 is 33.3 Å². The van der Waals surface area contributed by atoms with Crippen LogP contribution in [0.4, 0.5) is 24.9 Å². The summed E-state index contributed by atoms with van der Waals surface area (Å²) in [6, 6.07) is 1.94. The molecule has 0 radical (unpaired) electrons. The van der Waals surface area contributed by atoms with Crippen molar-refractivity contribution in [3.8, 4) is 10.6 Å². The highest BCUT2D eigenvalue weighted by Gasteiger charge is 2.30. The highest BCUT2D eigenvalue weighted by molar-refractivity contribution is 7.21. The monoisotopic (exact) mass is 537 g/mol. The van der Waals surface area contributed by atoms with E-state index < -0.39 is 12.7 Å². The summed E-state index contributed by atoms with van der Waals surface area (Å²) in [5, 5.41) is 6.37. The molecule has 3 heterocycles. The molecule has 4 rings (SSSR count). The summed E-state index contributed by atoms with van der Waals surface area (Å²) in [5.74, 6) is 1.12. The van der Waals surface area contributed by atoms with E-state index in [9.17, 15) is 13.2 Å². The van der Waals surface area contributed by atoms with Gasteiger partial charge in [0, 0.05) is 24.2 Å². The maximum absolute atomic E-state index is 12.8. The Balaban J connectivity index is 0.00000186. The first-order chi connectivity index (χ1) is 17.5. The number of nitrogens with zero attached hydrogens (tertiary/aromatic N) is 4. The SMILES string of the molecule is CC.CCC(CCNc1nc(NCC(F)(F)F)nc(C)c1-c1nc2c(C3CC3)nccc2s1)C(C)(C)N. The second-order valence-electron chi connectivity index (χ2n) is 9.80. The predicted molar refractivity (Wildman–Crippen MR) is 146 cm³/mol. The standard InChI is InChI=1S/C24H32F3N7S.C2H6/c1-5-15(23(3,4)28)8-10-30-20-17(13(2)32-22(34-20)31-12-24(25,26)27)21-33-19-16(35-21)9-11-29-18(19)14-6-7-14;1-2/h9,11,14-15H,5-8,10,12,28H2,1-4H3,(H2,30,31,32,34);1-2H3. The quantitative estimate of drug-likeness (QED) is 0.259. The lowest BCUT2D eigenvalue weighted by Gasteiger charge is -2.30. The third-order valence-electron chi connectivity index (χ3n) is 6.38. The number of hydrogen-bond donors (Lipinski definition) is 3. The van der Waals surface area contributed by atoms with E-state index in [1.54, 1.807) is 6.92 Å². The Kier molecular flexibility index (Phi) is 9.33. The first-order valence-corrected chi connectivity index (χ1v) is 13.8. The van der Waals surface area contributed by atoms with Crippen LogP contribution in [0.3, 0.4) is 0 Å². The minimum atomic E-state index is -4.37. The zero-order valence-corrected chi connectivity index (χ0v) is 23.3. The number of aryl methyl sites for hydroxylation is 1. The van der Waals surface area contributed by atoms with E-state index in [-0.39, 0.29) is 17.4 Å². The Morgan fingerprint density at radius 2 is 1.84 bits per heavy atom. The molecule has 1 fully saturated rings. The molecule has 0 bridgehead atoms. The van der Waals surface area contributed by atoms with E-state index in [0.717, 1.165) is 46.6 Å². The maximum Gasteiger partial charge on any atom is 0.405 e. The number of fused-ring (bicyclic) bond motifs is 1. The van der Waals surface area contributed by atoms with Gasteiger partial charge in [0.1, 0.15) is 22.9 Å². The van der Waals surface area contributed by atoms with Gasteiger partial charge in [0.2, 0.25) is 5.95 Å². The van der Waals surface area contributed by atoms with Crippen molar-refractivity contribution in [2.24, 2.45) is 11.7 Å². The molecule has 0 saturated heterocycles. The topological polar surface area (TPSA) is 102 Å². The molecule has 1 aliphatic rings. The van der Waals surface area contributed by atoms with E-state index in [0.29, 0.717) is 29.5 Å². The van der Waals surface area contributed by atoms with Crippen LogP contribution in [0.15, 0.2) is 12.3 Å². The minimum absolute atomic E-state index is 0.0706. The number of hydrogen-bond acceptors (Lipinski definition) is 8. The molecule has 0 amide bonds. The fourth-order valence-corrected chi connectivity index (χ4v) is 5.39. The average Bonchev–Trinajstić information content (AvgIpc) is 3.58. The number of anilines is 2. The second-order valence-corrected chi connectivity index (χ2v) is 10.8. The first-order valence-electron chi connectivity index (χ1n) is 12.9. The molecule has 0 aliphatic heterocycles. The Hall–Kier alpha value is -2.53. The van der Waals surface area contributed by atoms with Crippen molar-refractivity contribution < 1.29 is 13.2 Å². The summed E-state index contributed by atoms with van der Waals surface area (Å²) in [7, 11) is 0. The maximum atomic E-state index is 12.8. The Labute approximate surface area is 220 Å². The summed E-state index contributed by atoms with van der Waals surface area (Å²) >= 11 is 1.52. The van der Waals surface area contributed by atoms with Crippen LogP contribution in [0, 0.1) is 12.8 Å². The molecule has 1 unspecified atom stereocenters. The number of halogens is 3. The molecule has 3 aromatic heterocycles. The minimum Gasteiger partial charge on any atom is -0.369 e. The Morgan fingerprint density at radius 1 is 1.14 bits per heavy atom. The molecule has 1 atom stereocenters. The zero-order chi connectivity index (χ0) is 27.4. The number of nitrogens with two attached hydrogens (primary N) is 1. The van der Waals surface area contributed by atoms with Gasteiger partial charge in [-0.3, -0.25) is 4.98 Å². The van der Waals surface area contributed by atoms with Gasteiger partial charge in [0.05, 0.1) is 21.7 Å². The summed E-state index contributed by atoms with van der Waals surface area (Å²) in [6.07, 6.45) is 1.39. The molecule has 0 aromatic carbocycles. The van der Waals surface area contributed by atoms with Gasteiger partial charge in [0.15, 0.2) is 0 Å². The highest BCUT2D eigenvalue weighted by Crippen LogP contribution is 2.44. The van der Waals surface area contributed by atoms with Gasteiger partial charge in [-0.15, -0.1) is 11.3 Å². The van der Waals surface area contributed by atoms with E-state index in [4.69, 9.17) is 10.7 Å². The summed E-state index contributed by atoms with van der Waals surface area (Å²) in [5.41, 5.74) is 9.14. The lowest BCUT2D eigenvalue weighted by molar-refractivity contribution is -0.115. The van der Waals surface area contributed by atoms with E-state index >= 15 is 0 Å². The molecule has 11 heteroatoms. The van der Waals surface area contributed by atoms with E-state index in [1.165, 1.54) is 11.3 Å². The predicted octanol–water partition coefficient (Wildman–Crippen LogP) is 6.90. The number of rotatable bonds is 10. The fourth-order valence-electron chi connectivity index (χ4n) is 4.32. The van der Waals surface area contributed by atoms with Crippen molar-refractivity contribution in [1.82, 2.24) is 19.9 Å². The van der Waals surface area contributed by atoms with Gasteiger partial charge in [-0.2, -0.15) is 18.2 Å². The third kappa shape index (κ3) is 7.50. The van der Waals surface area contributed by atoms with E-state index in [1.807, 2.05) is 40.0 Å². The van der Waals surface area contributed by atoms with E-state index in [2.05, 4.69) is 32.5 Å². The van der Waals surface area contributed by atoms with Gasteiger partial charge >= 0.3 is 6.18 Å². The summed E-state index contributed by atoms with van der Waals surface area (Å²) < 4.78 is 39.4. The molecular weight excluding hydrogens is 499 g/mol. The smallest absolute Gasteiger partial charge is 0.369 e. The number of aromatic nitrogens is 4. The molecular formula is C26H38F3N7S. The molecule has 1 aliphatic carbocycles. The van der Waals surface area contributed by atoms with Gasteiger partial charge in [-0.05, 0) is 52.0 Å². The molecule has 0 spiro atoms. The van der Waals surface area contributed by atoms with Crippen molar-refractivity contribution in [2.75, 3.05) is 23.7 Å². The lowest BCUT2D eigenvalue weighted by atomic mass is 9.84. The Morgan fingerprint density at radius 3 is 2.43 bits per heavy atom. The molecule has 4 N–H and O–H groups in total. The fraction of sp³-hybridized carbons (Fsp3) is 0.615.